The first-order valence-electron chi connectivity index (χ1n) is 4.06. The minimum absolute atomic E-state index is 0.704. The second-order valence-corrected chi connectivity index (χ2v) is 2.48. The highest BCUT2D eigenvalue weighted by atomic mass is 16.4. The summed E-state index contributed by atoms with van der Waals surface area (Å²) in [6.45, 7) is 6.69. The van der Waals surface area contributed by atoms with Crippen LogP contribution in [-0.4, -0.2) is 29.0 Å². The van der Waals surface area contributed by atoms with Crippen LogP contribution >= 0.6 is 0 Å². The molecule has 0 spiro atoms. The van der Waals surface area contributed by atoms with E-state index in [2.05, 4.69) is 0 Å². The Hall–Kier alpha value is -0.365. The fourth-order valence-corrected chi connectivity index (χ4v) is 0.654. The largest absolute Gasteiger partial charge is 0.435 e. The van der Waals surface area contributed by atoms with Crippen LogP contribution in [0.15, 0.2) is 23.1 Å². The molecule has 60 valence electrons. The van der Waals surface area contributed by atoms with Crippen LogP contribution in [0.25, 0.3) is 0 Å². The van der Waals surface area contributed by atoms with Crippen LogP contribution < -0.4 is 0 Å². The predicted octanol–water partition coefficient (Wildman–Crippen LogP) is 1.24. The smallest absolute Gasteiger partial charge is 0.322 e. The van der Waals surface area contributed by atoms with Crippen molar-refractivity contribution in [3.8, 4) is 0 Å². The molecule has 0 aromatic heterocycles. The monoisotopic (exact) mass is 158 g/mol. The Morgan fingerprint density at radius 2 is 1.92 bits per heavy atom. The van der Waals surface area contributed by atoms with Gasteiger partial charge >= 0.3 is 7.48 Å². The van der Waals surface area contributed by atoms with E-state index in [4.69, 9.17) is 12.4 Å². The maximum absolute atomic E-state index is 5.25. The molecule has 0 N–H and O–H groups in total. The predicted molar refractivity (Wildman–Crippen MR) is 56.4 cm³/mol. The molecule has 0 fully saturated rings. The molecule has 0 aliphatic rings. The Morgan fingerprint density at radius 1 is 1.33 bits per heavy atom. The first-order chi connectivity index (χ1) is 5.72. The molecule has 0 saturated carbocycles. The zero-order valence-corrected chi connectivity index (χ0v) is 8.00. The van der Waals surface area contributed by atoms with Crippen molar-refractivity contribution < 1.29 is 4.65 Å². The van der Waals surface area contributed by atoms with Crippen molar-refractivity contribution in [2.24, 2.45) is 0 Å². The molecule has 0 atom stereocenters. The second kappa shape index (κ2) is 7.29. The van der Waals surface area contributed by atoms with E-state index in [9.17, 15) is 0 Å². The van der Waals surface area contributed by atoms with Gasteiger partial charge in [-0.05, 0) is 20.8 Å². The van der Waals surface area contributed by atoms with Crippen molar-refractivity contribution in [1.29, 1.82) is 0 Å². The molecular weight excluding hydrogens is 145 g/mol. The third-order valence-electron chi connectivity index (χ3n) is 1.55. The first-order valence-corrected chi connectivity index (χ1v) is 4.06. The van der Waals surface area contributed by atoms with E-state index in [1.165, 1.54) is 7.17 Å². The van der Waals surface area contributed by atoms with E-state index in [1.807, 2.05) is 32.7 Å². The van der Waals surface area contributed by atoms with Gasteiger partial charge in [0.2, 0.25) is 0 Å². The summed E-state index contributed by atoms with van der Waals surface area (Å²) in [6, 6.07) is 0. The molecule has 0 aliphatic heterocycles. The fraction of sp³-hybridized carbons (Fsp3) is 0.500. The molecular formula is C8H13B3O. The maximum atomic E-state index is 5.25. The van der Waals surface area contributed by atoms with Gasteiger partial charge in [0.15, 0.2) is 0 Å². The summed E-state index contributed by atoms with van der Waals surface area (Å²) in [6.07, 6.45) is 0. The lowest BCUT2D eigenvalue weighted by Crippen LogP contribution is -1.96. The maximum Gasteiger partial charge on any atom is 0.322 e. The average Bonchev–Trinajstić information content (AvgIpc) is 2.05. The summed E-state index contributed by atoms with van der Waals surface area (Å²) in [5, 5.41) is 0. The zero-order valence-electron chi connectivity index (χ0n) is 8.00. The van der Waals surface area contributed by atoms with E-state index in [-0.39, 0.29) is 0 Å². The van der Waals surface area contributed by atoms with Crippen LogP contribution in [0.2, 0.25) is 0 Å². The Morgan fingerprint density at radius 3 is 2.42 bits per heavy atom. The fourth-order valence-electron chi connectivity index (χ4n) is 0.654. The summed E-state index contributed by atoms with van der Waals surface area (Å²) in [5.74, 6) is 3.80. The van der Waals surface area contributed by atoms with Crippen molar-refractivity contribution in [3.63, 3.8) is 0 Å². The zero-order chi connectivity index (χ0) is 9.40. The van der Waals surface area contributed by atoms with Crippen molar-refractivity contribution >= 4 is 22.4 Å². The second-order valence-electron chi connectivity index (χ2n) is 2.48. The van der Waals surface area contributed by atoms with Gasteiger partial charge in [0.25, 0.3) is 0 Å². The molecule has 4 radical (unpaired) electrons. The Balaban J connectivity index is 3.90. The van der Waals surface area contributed by atoms with Crippen LogP contribution in [0.3, 0.4) is 0 Å². The van der Waals surface area contributed by atoms with E-state index in [0.29, 0.717) is 6.61 Å². The summed E-state index contributed by atoms with van der Waals surface area (Å²) < 4.78 is 5.06. The van der Waals surface area contributed by atoms with Crippen LogP contribution in [0.1, 0.15) is 20.8 Å². The van der Waals surface area contributed by atoms with Gasteiger partial charge in [0.05, 0.1) is 7.17 Å². The minimum atomic E-state index is 0.704. The lowest BCUT2D eigenvalue weighted by atomic mass is 9.55. The van der Waals surface area contributed by atoms with Crippen molar-refractivity contribution in [2.45, 2.75) is 20.8 Å². The van der Waals surface area contributed by atoms with E-state index >= 15 is 0 Å². The van der Waals surface area contributed by atoms with Crippen LogP contribution in [0, 0.1) is 0 Å². The van der Waals surface area contributed by atoms with Crippen molar-refractivity contribution in [2.75, 3.05) is 6.61 Å². The lowest BCUT2D eigenvalue weighted by molar-refractivity contribution is 0.366. The highest BCUT2D eigenvalue weighted by Crippen LogP contribution is 2.05. The van der Waals surface area contributed by atoms with E-state index < -0.39 is 0 Å². The van der Waals surface area contributed by atoms with Gasteiger partial charge in [-0.2, -0.15) is 0 Å². The average molecular weight is 158 g/mol. The quantitative estimate of drug-likeness (QED) is 0.332. The molecule has 0 aromatic rings. The van der Waals surface area contributed by atoms with Crippen LogP contribution in [0.5, 0.6) is 0 Å². The number of hydrogen-bond acceptors (Lipinski definition) is 1. The molecule has 0 unspecified atom stereocenters. The Bertz CT molecular complexity index is 175. The molecule has 0 heterocycles. The molecule has 0 aromatic carbocycles. The van der Waals surface area contributed by atoms with Gasteiger partial charge in [0, 0.05) is 14.3 Å². The molecule has 0 aliphatic carbocycles. The highest BCUT2D eigenvalue weighted by molar-refractivity contribution is 6.92. The SMILES string of the molecule is [B][B]/C=C(C)/C(C)=C/[B]OCC. The van der Waals surface area contributed by atoms with E-state index in [1.54, 1.807) is 7.48 Å². The Kier molecular flexibility index (Phi) is 7.07. The van der Waals surface area contributed by atoms with Crippen LogP contribution in [-0.2, 0) is 4.65 Å². The molecule has 4 heteroatoms. The van der Waals surface area contributed by atoms with Crippen molar-refractivity contribution in [1.82, 2.24) is 0 Å². The first kappa shape index (κ1) is 11.6. The Labute approximate surface area is 78.2 Å². The number of hydrogen-bond donors (Lipinski definition) is 0. The van der Waals surface area contributed by atoms with Crippen molar-refractivity contribution in [3.05, 3.63) is 23.1 Å². The normalized spacial score (nSPS) is 12.9. The molecule has 0 rings (SSSR count). The van der Waals surface area contributed by atoms with Gasteiger partial charge in [0.1, 0.15) is 0 Å². The summed E-state index contributed by atoms with van der Waals surface area (Å²) >= 11 is 0. The van der Waals surface area contributed by atoms with Gasteiger partial charge < -0.3 is 4.65 Å². The third-order valence-corrected chi connectivity index (χ3v) is 1.55. The van der Waals surface area contributed by atoms with Gasteiger partial charge in [-0.25, -0.2) is 0 Å². The van der Waals surface area contributed by atoms with Gasteiger partial charge in [-0.1, -0.05) is 17.1 Å². The highest BCUT2D eigenvalue weighted by Gasteiger charge is 1.92. The number of allylic oxidation sites excluding steroid dienone is 2. The van der Waals surface area contributed by atoms with E-state index in [0.717, 1.165) is 11.1 Å². The third kappa shape index (κ3) is 5.31. The molecule has 12 heavy (non-hydrogen) atoms. The summed E-state index contributed by atoms with van der Waals surface area (Å²) in [7, 11) is 8.48. The molecule has 0 bridgehead atoms. The molecule has 0 amide bonds. The summed E-state index contributed by atoms with van der Waals surface area (Å²) in [4.78, 5) is 0. The van der Waals surface area contributed by atoms with Crippen LogP contribution in [0.4, 0.5) is 0 Å². The molecule has 1 nitrogen and oxygen atoms in total. The topological polar surface area (TPSA) is 9.23 Å². The summed E-state index contributed by atoms with van der Waals surface area (Å²) in [5.41, 5.74) is 2.30. The van der Waals surface area contributed by atoms with Gasteiger partial charge in [-0.15, -0.1) is 5.98 Å². The standard InChI is InChI=1S/C8H13B3O/c1-4-12-11-6-8(3)7(2)5-10-9/h5-6H,4H2,1-3H3/b7-5+,8-6+. The minimum Gasteiger partial charge on any atom is -0.435 e. The van der Waals surface area contributed by atoms with Gasteiger partial charge in [-0.3, -0.25) is 0 Å². The lowest BCUT2D eigenvalue weighted by Gasteiger charge is -2.00. The molecule has 0 saturated heterocycles. The number of rotatable bonds is 5.